The molecule has 0 bridgehead atoms. The summed E-state index contributed by atoms with van der Waals surface area (Å²) in [4.78, 5) is 0.266. The number of benzene rings is 3. The summed E-state index contributed by atoms with van der Waals surface area (Å²) in [5, 5.41) is 0. The van der Waals surface area contributed by atoms with E-state index in [9.17, 15) is 13.0 Å². The minimum absolute atomic E-state index is 0.0795. The van der Waals surface area contributed by atoms with Crippen molar-refractivity contribution in [2.24, 2.45) is 5.92 Å². The zero-order valence-corrected chi connectivity index (χ0v) is 20.5. The van der Waals surface area contributed by atoms with E-state index in [2.05, 4.69) is 0 Å². The summed E-state index contributed by atoms with van der Waals surface area (Å²) in [5.74, 6) is 0.953. The monoisotopic (exact) mass is 488 g/mol. The predicted molar refractivity (Wildman–Crippen MR) is 129 cm³/mol. The molecule has 0 spiro atoms. The zero-order chi connectivity index (χ0) is 23.7. The van der Waals surface area contributed by atoms with Crippen molar-refractivity contribution < 1.29 is 26.6 Å². The smallest absolute Gasteiger partial charge is 0.395 e. The van der Waals surface area contributed by atoms with Gasteiger partial charge in [0.2, 0.25) is 0 Å². The van der Waals surface area contributed by atoms with Crippen LogP contribution in [0.15, 0.2) is 89.8 Å². The molecule has 6 nitrogen and oxygen atoms in total. The number of phosphoric ester groups is 1. The van der Waals surface area contributed by atoms with Crippen molar-refractivity contribution >= 4 is 17.7 Å². The van der Waals surface area contributed by atoms with Gasteiger partial charge in [0.1, 0.15) is 11.5 Å². The van der Waals surface area contributed by atoms with Gasteiger partial charge in [-0.3, -0.25) is 4.52 Å². The molecule has 3 aromatic carbocycles. The number of hydrogen-bond acceptors (Lipinski definition) is 6. The quantitative estimate of drug-likeness (QED) is 0.265. The molecule has 8 heteroatoms. The first kappa shape index (κ1) is 25.0. The molecule has 0 heterocycles. The van der Waals surface area contributed by atoms with E-state index in [1.54, 1.807) is 72.8 Å². The minimum Gasteiger partial charge on any atom is -0.395 e. The molecular formula is C25H29O6PS. The second-order valence-electron chi connectivity index (χ2n) is 7.64. The van der Waals surface area contributed by atoms with Gasteiger partial charge in [-0.2, -0.15) is 0 Å². The van der Waals surface area contributed by atoms with Crippen LogP contribution in [0.2, 0.25) is 0 Å². The van der Waals surface area contributed by atoms with Crippen LogP contribution < -0.4 is 9.05 Å². The first-order valence-corrected chi connectivity index (χ1v) is 14.0. The first-order valence-electron chi connectivity index (χ1n) is 10.9. The van der Waals surface area contributed by atoms with Gasteiger partial charge in [-0.25, -0.2) is 13.0 Å². The van der Waals surface area contributed by atoms with Crippen LogP contribution >= 0.6 is 7.82 Å². The van der Waals surface area contributed by atoms with E-state index in [1.165, 1.54) is 0 Å². The zero-order valence-electron chi connectivity index (χ0n) is 18.8. The fourth-order valence-electron chi connectivity index (χ4n) is 3.17. The highest BCUT2D eigenvalue weighted by molar-refractivity contribution is 7.91. The molecule has 0 fully saturated rings. The lowest BCUT2D eigenvalue weighted by Crippen LogP contribution is -2.15. The van der Waals surface area contributed by atoms with Crippen molar-refractivity contribution in [2.45, 2.75) is 38.2 Å². The van der Waals surface area contributed by atoms with E-state index in [-0.39, 0.29) is 23.2 Å². The molecule has 0 saturated carbocycles. The van der Waals surface area contributed by atoms with Crippen molar-refractivity contribution in [2.75, 3.05) is 5.75 Å². The normalized spacial score (nSPS) is 12.0. The maximum absolute atomic E-state index is 13.4. The van der Waals surface area contributed by atoms with Crippen LogP contribution in [0.1, 0.15) is 32.3 Å². The largest absolute Gasteiger partial charge is 0.587 e. The molecule has 176 valence electrons. The van der Waals surface area contributed by atoms with Gasteiger partial charge in [0.05, 0.1) is 17.3 Å². The Labute approximate surface area is 196 Å². The summed E-state index contributed by atoms with van der Waals surface area (Å²) in [7, 11) is -7.39. The van der Waals surface area contributed by atoms with E-state index in [4.69, 9.17) is 13.6 Å². The molecule has 3 rings (SSSR count). The number of rotatable bonds is 12. The fraction of sp³-hybridized carbons (Fsp3) is 0.280. The highest BCUT2D eigenvalue weighted by Crippen LogP contribution is 2.50. The molecule has 0 saturated heterocycles. The van der Waals surface area contributed by atoms with Crippen molar-refractivity contribution in [1.82, 2.24) is 0 Å². The maximum Gasteiger partial charge on any atom is 0.587 e. The number of hydrogen-bond donors (Lipinski definition) is 0. The van der Waals surface area contributed by atoms with Crippen LogP contribution in [0.3, 0.4) is 0 Å². The van der Waals surface area contributed by atoms with Gasteiger partial charge in [-0.1, -0.05) is 75.2 Å². The molecule has 0 aromatic heterocycles. The van der Waals surface area contributed by atoms with Crippen molar-refractivity contribution in [3.8, 4) is 11.5 Å². The average Bonchev–Trinajstić information content (AvgIpc) is 2.83. The fourth-order valence-corrected chi connectivity index (χ4v) is 6.21. The van der Waals surface area contributed by atoms with Crippen LogP contribution in [0.5, 0.6) is 11.5 Å². The van der Waals surface area contributed by atoms with Gasteiger partial charge < -0.3 is 9.05 Å². The lowest BCUT2D eigenvalue weighted by atomic mass is 10.1. The Bertz CT molecular complexity index is 1100. The summed E-state index contributed by atoms with van der Waals surface area (Å²) in [6, 6.07) is 23.7. The van der Waals surface area contributed by atoms with E-state index >= 15 is 0 Å². The maximum atomic E-state index is 13.4. The molecule has 0 atom stereocenters. The highest BCUT2D eigenvalue weighted by atomic mass is 32.2. The minimum atomic E-state index is -4.02. The molecule has 0 N–H and O–H groups in total. The highest BCUT2D eigenvalue weighted by Gasteiger charge is 2.31. The van der Waals surface area contributed by atoms with Crippen LogP contribution in [-0.4, -0.2) is 14.2 Å². The lowest BCUT2D eigenvalue weighted by molar-refractivity contribution is 0.201. The van der Waals surface area contributed by atoms with E-state index in [0.717, 1.165) is 12.8 Å². The van der Waals surface area contributed by atoms with Gasteiger partial charge >= 0.3 is 7.82 Å². The Hall–Kier alpha value is -2.60. The Kier molecular flexibility index (Phi) is 8.73. The van der Waals surface area contributed by atoms with Crippen LogP contribution in [0.25, 0.3) is 0 Å². The predicted octanol–water partition coefficient (Wildman–Crippen LogP) is 6.68. The van der Waals surface area contributed by atoms with E-state index in [1.807, 2.05) is 26.0 Å². The Morgan fingerprint density at radius 2 is 1.24 bits per heavy atom. The van der Waals surface area contributed by atoms with Crippen LogP contribution in [0, 0.1) is 5.92 Å². The molecule has 0 aliphatic carbocycles. The second kappa shape index (κ2) is 11.5. The van der Waals surface area contributed by atoms with E-state index < -0.39 is 17.7 Å². The van der Waals surface area contributed by atoms with Crippen molar-refractivity contribution in [3.63, 3.8) is 0 Å². The second-order valence-corrected chi connectivity index (χ2v) is 11.2. The topological polar surface area (TPSA) is 78.9 Å². The third-order valence-corrected chi connectivity index (χ3v) is 8.42. The van der Waals surface area contributed by atoms with Crippen LogP contribution in [0.4, 0.5) is 0 Å². The summed E-state index contributed by atoms with van der Waals surface area (Å²) >= 11 is 0. The van der Waals surface area contributed by atoms with Crippen LogP contribution in [-0.2, 0) is 25.5 Å². The van der Waals surface area contributed by atoms with Gasteiger partial charge in [0.25, 0.3) is 0 Å². The van der Waals surface area contributed by atoms with Gasteiger partial charge in [0, 0.05) is 0 Å². The lowest BCUT2D eigenvalue weighted by Gasteiger charge is -2.19. The summed E-state index contributed by atoms with van der Waals surface area (Å²) in [6.45, 7) is 3.92. The van der Waals surface area contributed by atoms with E-state index in [0.29, 0.717) is 17.1 Å². The molecule has 0 aliphatic rings. The third kappa shape index (κ3) is 7.46. The summed E-state index contributed by atoms with van der Waals surface area (Å²) in [5.41, 5.74) is 0.644. The first-order chi connectivity index (χ1) is 15.8. The third-order valence-electron chi connectivity index (χ3n) is 5.20. The number of para-hydroxylation sites is 2. The molecular weight excluding hydrogens is 459 g/mol. The number of sulfone groups is 1. The van der Waals surface area contributed by atoms with Gasteiger partial charge in [0.15, 0.2) is 9.84 Å². The van der Waals surface area contributed by atoms with Crippen molar-refractivity contribution in [1.29, 1.82) is 0 Å². The van der Waals surface area contributed by atoms with Gasteiger partial charge in [-0.15, -0.1) is 0 Å². The molecule has 0 unspecified atom stereocenters. The Morgan fingerprint density at radius 3 is 1.70 bits per heavy atom. The summed E-state index contributed by atoms with van der Waals surface area (Å²) in [6.07, 6.45) is 1.64. The number of phosphoric acid groups is 1. The van der Waals surface area contributed by atoms with Crippen molar-refractivity contribution in [3.05, 3.63) is 90.5 Å². The standard InChI is InChI=1S/C25H29O6PS/c1-3-21(4-2)20-33(27,28)25-17-15-22(16-18-25)19-29-32(26,30-23-11-7-5-8-12-23)31-24-13-9-6-10-14-24/h5-18,21H,3-4,19-20H2,1-2H3. The summed E-state index contributed by atoms with van der Waals surface area (Å²) < 4.78 is 55.5. The molecule has 0 aliphatic heterocycles. The average molecular weight is 489 g/mol. The molecule has 0 radical (unpaired) electrons. The molecule has 33 heavy (non-hydrogen) atoms. The SMILES string of the molecule is CCC(CC)CS(=O)(=O)c1ccc(COP(=O)(Oc2ccccc2)Oc2ccccc2)cc1. The molecule has 3 aromatic rings. The molecule has 0 amide bonds. The Morgan fingerprint density at radius 1 is 0.758 bits per heavy atom. The Balaban J connectivity index is 1.73. The van der Waals surface area contributed by atoms with Gasteiger partial charge in [-0.05, 0) is 47.9 Å².